The lowest BCUT2D eigenvalue weighted by molar-refractivity contribution is -0.154. The average molecular weight is 538 g/mol. The van der Waals surface area contributed by atoms with Crippen LogP contribution in [0.1, 0.15) is 6.92 Å². The summed E-state index contributed by atoms with van der Waals surface area (Å²) in [6, 6.07) is 9.61. The Labute approximate surface area is 211 Å². The smallest absolute Gasteiger partial charge is 0.422 e. The Bertz CT molecular complexity index is 1500. The lowest BCUT2D eigenvalue weighted by atomic mass is 9.96. The van der Waals surface area contributed by atoms with Crippen LogP contribution in [0.3, 0.4) is 0 Å². The number of benzene rings is 4. The summed E-state index contributed by atoms with van der Waals surface area (Å²) in [5.41, 5.74) is -0.817. The maximum atomic E-state index is 15.1. The highest BCUT2D eigenvalue weighted by Crippen LogP contribution is 2.37. The fraction of sp³-hybridized carbons (Fsp3) is 0.143. The Balaban J connectivity index is 1.68. The van der Waals surface area contributed by atoms with E-state index >= 15 is 8.78 Å². The first-order valence-corrected chi connectivity index (χ1v) is 11.1. The van der Waals surface area contributed by atoms with E-state index in [9.17, 15) is 26.3 Å². The molecule has 0 saturated carbocycles. The van der Waals surface area contributed by atoms with Crippen molar-refractivity contribution in [1.29, 1.82) is 0 Å². The van der Waals surface area contributed by atoms with E-state index in [4.69, 9.17) is 4.74 Å². The van der Waals surface area contributed by atoms with Gasteiger partial charge >= 0.3 is 6.18 Å². The average Bonchev–Trinajstić information content (AvgIpc) is 2.83. The van der Waals surface area contributed by atoms with E-state index in [1.807, 2.05) is 0 Å². The molecule has 4 aromatic carbocycles. The summed E-state index contributed by atoms with van der Waals surface area (Å²) in [5, 5.41) is -0.483. The van der Waals surface area contributed by atoms with Crippen molar-refractivity contribution in [2.75, 3.05) is 13.2 Å². The summed E-state index contributed by atoms with van der Waals surface area (Å²) < 4.78 is 121. The SMILES string of the molecule is CC=CCOc1ccc(-c2cc(F)c(-c3ccc4c(F)c(OCC(F)(F)F)c(F)cc4c3)c(F)c2)c(F)c1. The standard InChI is InChI=1S/C28H18F8O2/c1-2-3-8-37-18-5-7-19(21(29)13-18)17-10-22(30)25(23(31)11-17)15-4-6-20-16(9-15)12-24(32)27(26(20)33)38-14-28(34,35)36/h2-7,9-13H,8,14H2,1H3. The molecule has 0 spiro atoms. The summed E-state index contributed by atoms with van der Waals surface area (Å²) in [6.45, 7) is 0.107. The number of ether oxygens (including phenoxy) is 2. The topological polar surface area (TPSA) is 18.5 Å². The predicted molar refractivity (Wildman–Crippen MR) is 126 cm³/mol. The summed E-state index contributed by atoms with van der Waals surface area (Å²) in [5.74, 6) is -6.71. The van der Waals surface area contributed by atoms with Crippen LogP contribution in [-0.2, 0) is 0 Å². The molecule has 0 saturated heterocycles. The van der Waals surface area contributed by atoms with Crippen LogP contribution in [0.4, 0.5) is 35.1 Å². The number of halogens is 8. The van der Waals surface area contributed by atoms with Gasteiger partial charge in [-0.3, -0.25) is 0 Å². The summed E-state index contributed by atoms with van der Waals surface area (Å²) >= 11 is 0. The molecule has 0 N–H and O–H groups in total. The Morgan fingerprint density at radius 3 is 2.08 bits per heavy atom. The van der Waals surface area contributed by atoms with E-state index < -0.39 is 53.2 Å². The number of rotatable bonds is 7. The first-order valence-electron chi connectivity index (χ1n) is 11.1. The van der Waals surface area contributed by atoms with Crippen molar-refractivity contribution >= 4 is 10.8 Å². The van der Waals surface area contributed by atoms with Gasteiger partial charge in [-0.1, -0.05) is 24.3 Å². The Hall–Kier alpha value is -4.08. The Morgan fingerprint density at radius 1 is 0.737 bits per heavy atom. The lowest BCUT2D eigenvalue weighted by Gasteiger charge is -2.14. The second kappa shape index (κ2) is 10.7. The molecule has 0 heterocycles. The molecule has 0 atom stereocenters. The third kappa shape index (κ3) is 5.74. The van der Waals surface area contributed by atoms with Gasteiger partial charge in [0.05, 0.1) is 5.56 Å². The van der Waals surface area contributed by atoms with Gasteiger partial charge in [0.15, 0.2) is 24.0 Å². The van der Waals surface area contributed by atoms with Crippen molar-refractivity contribution in [2.45, 2.75) is 13.1 Å². The molecule has 0 unspecified atom stereocenters. The zero-order valence-electron chi connectivity index (χ0n) is 19.6. The summed E-state index contributed by atoms with van der Waals surface area (Å²) in [4.78, 5) is 0. The van der Waals surface area contributed by atoms with E-state index in [2.05, 4.69) is 4.74 Å². The van der Waals surface area contributed by atoms with Crippen LogP contribution in [-0.4, -0.2) is 19.4 Å². The van der Waals surface area contributed by atoms with E-state index in [1.165, 1.54) is 12.1 Å². The van der Waals surface area contributed by atoms with Gasteiger partial charge in [-0.15, -0.1) is 0 Å². The molecule has 0 aliphatic carbocycles. The van der Waals surface area contributed by atoms with E-state index in [1.54, 1.807) is 19.1 Å². The number of fused-ring (bicyclic) bond motifs is 1. The zero-order chi connectivity index (χ0) is 27.6. The van der Waals surface area contributed by atoms with Crippen LogP contribution >= 0.6 is 0 Å². The van der Waals surface area contributed by atoms with Gasteiger partial charge in [0.2, 0.25) is 0 Å². The highest BCUT2D eigenvalue weighted by molar-refractivity contribution is 5.89. The van der Waals surface area contributed by atoms with Crippen molar-refractivity contribution in [3.8, 4) is 33.8 Å². The molecule has 38 heavy (non-hydrogen) atoms. The minimum absolute atomic E-state index is 0.0817. The van der Waals surface area contributed by atoms with Gasteiger partial charge in [-0.25, -0.2) is 22.0 Å². The second-order valence-corrected chi connectivity index (χ2v) is 8.18. The molecule has 4 aromatic rings. The van der Waals surface area contributed by atoms with E-state index in [-0.39, 0.29) is 39.8 Å². The predicted octanol–water partition coefficient (Wildman–Crippen LogP) is 8.77. The maximum Gasteiger partial charge on any atom is 0.422 e. The van der Waals surface area contributed by atoms with Gasteiger partial charge in [0, 0.05) is 17.0 Å². The third-order valence-corrected chi connectivity index (χ3v) is 5.53. The highest BCUT2D eigenvalue weighted by atomic mass is 19.4. The molecular formula is C28H18F8O2. The Morgan fingerprint density at radius 2 is 1.45 bits per heavy atom. The van der Waals surface area contributed by atoms with E-state index in [0.29, 0.717) is 6.07 Å². The molecule has 0 aliphatic rings. The van der Waals surface area contributed by atoms with Crippen LogP contribution in [0.5, 0.6) is 11.5 Å². The first kappa shape index (κ1) is 27.0. The fourth-order valence-electron chi connectivity index (χ4n) is 3.82. The number of hydrogen-bond acceptors (Lipinski definition) is 2. The number of allylic oxidation sites excluding steroid dienone is 1. The normalized spacial score (nSPS) is 11.9. The zero-order valence-corrected chi connectivity index (χ0v) is 19.6. The minimum Gasteiger partial charge on any atom is -0.489 e. The van der Waals surface area contributed by atoms with Crippen LogP contribution in [0.15, 0.2) is 66.7 Å². The van der Waals surface area contributed by atoms with Crippen LogP contribution in [0.2, 0.25) is 0 Å². The quantitative estimate of drug-likeness (QED) is 0.173. The van der Waals surface area contributed by atoms with Crippen LogP contribution in [0, 0.1) is 29.1 Å². The van der Waals surface area contributed by atoms with Crippen molar-refractivity contribution in [2.24, 2.45) is 0 Å². The first-order chi connectivity index (χ1) is 18.0. The van der Waals surface area contributed by atoms with Gasteiger partial charge in [-0.05, 0) is 59.8 Å². The molecule has 0 amide bonds. The minimum atomic E-state index is -4.82. The fourth-order valence-corrected chi connectivity index (χ4v) is 3.82. The molecule has 0 aromatic heterocycles. The largest absolute Gasteiger partial charge is 0.489 e. The molecule has 198 valence electrons. The summed E-state index contributed by atoms with van der Waals surface area (Å²) in [7, 11) is 0. The lowest BCUT2D eigenvalue weighted by Crippen LogP contribution is -2.20. The molecule has 0 bridgehead atoms. The highest BCUT2D eigenvalue weighted by Gasteiger charge is 2.30. The van der Waals surface area contributed by atoms with Gasteiger partial charge < -0.3 is 9.47 Å². The van der Waals surface area contributed by atoms with Crippen molar-refractivity contribution in [3.63, 3.8) is 0 Å². The number of alkyl halides is 3. The molecule has 4 rings (SSSR count). The molecule has 0 fully saturated rings. The Kier molecular flexibility index (Phi) is 7.61. The van der Waals surface area contributed by atoms with Crippen LogP contribution in [0.25, 0.3) is 33.0 Å². The molecule has 0 radical (unpaired) electrons. The van der Waals surface area contributed by atoms with Gasteiger partial charge in [0.25, 0.3) is 0 Å². The number of hydrogen-bond donors (Lipinski definition) is 0. The third-order valence-electron chi connectivity index (χ3n) is 5.53. The monoisotopic (exact) mass is 538 g/mol. The molecular weight excluding hydrogens is 520 g/mol. The van der Waals surface area contributed by atoms with Crippen LogP contribution < -0.4 is 9.47 Å². The maximum absolute atomic E-state index is 15.1. The van der Waals surface area contributed by atoms with Gasteiger partial charge in [-0.2, -0.15) is 13.2 Å². The van der Waals surface area contributed by atoms with Crippen molar-refractivity contribution in [3.05, 3.63) is 95.8 Å². The van der Waals surface area contributed by atoms with Crippen molar-refractivity contribution in [1.82, 2.24) is 0 Å². The van der Waals surface area contributed by atoms with Gasteiger partial charge in [0.1, 0.15) is 29.8 Å². The second-order valence-electron chi connectivity index (χ2n) is 8.18. The molecule has 2 nitrogen and oxygen atoms in total. The summed E-state index contributed by atoms with van der Waals surface area (Å²) in [6.07, 6.45) is -1.35. The molecule has 0 aliphatic heterocycles. The van der Waals surface area contributed by atoms with E-state index in [0.717, 1.165) is 36.4 Å². The molecule has 10 heteroatoms. The van der Waals surface area contributed by atoms with Crippen molar-refractivity contribution < 1.29 is 44.6 Å².